The number of thiophene rings is 1. The van der Waals surface area contributed by atoms with Crippen LogP contribution in [-0.4, -0.2) is 58.2 Å². The number of hydrogen-bond acceptors (Lipinski definition) is 8. The second-order valence-corrected chi connectivity index (χ2v) is 7.62. The molecule has 3 heterocycles. The quantitative estimate of drug-likeness (QED) is 0.454. The summed E-state index contributed by atoms with van der Waals surface area (Å²) in [5.74, 6) is -5.71. The number of ether oxygens (including phenoxy) is 1. The van der Waals surface area contributed by atoms with E-state index in [2.05, 4.69) is 5.32 Å². The summed E-state index contributed by atoms with van der Waals surface area (Å²) >= 11 is 0.846. The predicted molar refractivity (Wildman–Crippen MR) is 103 cm³/mol. The van der Waals surface area contributed by atoms with Crippen LogP contribution in [0.5, 0.6) is 0 Å². The molecular weight excluding hydrogens is 432 g/mol. The molecule has 31 heavy (non-hydrogen) atoms. The first-order valence-electron chi connectivity index (χ1n) is 8.95. The molecule has 3 amide bonds. The molecule has 1 aromatic heterocycles. The average Bonchev–Trinajstić information content (AvgIpc) is 3.22. The highest BCUT2D eigenvalue weighted by Gasteiger charge is 2.38. The largest absolute Gasteiger partial charge is 0.478 e. The molecule has 2 aromatic rings. The first kappa shape index (κ1) is 20.7. The van der Waals surface area contributed by atoms with Crippen molar-refractivity contribution in [2.24, 2.45) is 0 Å². The van der Waals surface area contributed by atoms with Gasteiger partial charge in [0.05, 0.1) is 23.3 Å². The van der Waals surface area contributed by atoms with Gasteiger partial charge in [-0.1, -0.05) is 12.1 Å². The fourth-order valence-corrected chi connectivity index (χ4v) is 4.66. The summed E-state index contributed by atoms with van der Waals surface area (Å²) in [6.07, 6.45) is -0.605. The van der Waals surface area contributed by atoms with Gasteiger partial charge in [-0.25, -0.2) is 9.59 Å². The Balaban J connectivity index is 1.57. The third-order valence-corrected chi connectivity index (χ3v) is 5.99. The van der Waals surface area contributed by atoms with E-state index < -0.39 is 35.8 Å². The summed E-state index contributed by atoms with van der Waals surface area (Å²) in [4.78, 5) is 64.7. The number of aliphatic carboxylic acids is 1. The molecule has 0 fully saturated rings. The van der Waals surface area contributed by atoms with E-state index in [1.165, 1.54) is 12.1 Å². The van der Waals surface area contributed by atoms with Crippen LogP contribution in [0.3, 0.4) is 0 Å². The van der Waals surface area contributed by atoms with Crippen LogP contribution in [-0.2, 0) is 25.6 Å². The van der Waals surface area contributed by atoms with Crippen LogP contribution in [0.15, 0.2) is 24.3 Å². The van der Waals surface area contributed by atoms with Crippen molar-refractivity contribution in [2.45, 2.75) is 12.5 Å². The van der Waals surface area contributed by atoms with Crippen LogP contribution in [0.2, 0.25) is 0 Å². The molecule has 2 aliphatic heterocycles. The Morgan fingerprint density at radius 3 is 2.39 bits per heavy atom. The summed E-state index contributed by atoms with van der Waals surface area (Å²) in [5, 5.41) is 20.9. The van der Waals surface area contributed by atoms with E-state index >= 15 is 0 Å². The number of aromatic carboxylic acids is 1. The number of nitrogens with zero attached hydrogens (tertiary/aromatic N) is 1. The number of amides is 3. The fraction of sp³-hybridized carbons (Fsp3) is 0.211. The van der Waals surface area contributed by atoms with Crippen LogP contribution >= 0.6 is 11.3 Å². The smallest absolute Gasteiger partial charge is 0.394 e. The van der Waals surface area contributed by atoms with Gasteiger partial charge in [-0.05, 0) is 24.1 Å². The third-order valence-electron chi connectivity index (χ3n) is 4.75. The second kappa shape index (κ2) is 7.91. The average molecular weight is 446 g/mol. The van der Waals surface area contributed by atoms with Crippen LogP contribution in [0.4, 0.5) is 5.00 Å². The lowest BCUT2D eigenvalue weighted by atomic mass is 10.0. The number of anilines is 1. The van der Waals surface area contributed by atoms with Gasteiger partial charge in [-0.2, -0.15) is 0 Å². The van der Waals surface area contributed by atoms with Crippen molar-refractivity contribution in [1.82, 2.24) is 5.06 Å². The maximum atomic E-state index is 12.4. The van der Waals surface area contributed by atoms with E-state index in [0.717, 1.165) is 11.3 Å². The standard InChI is InChI=1S/C19H14N2O9S/c22-14(19(27)28)20-15-12(18(25)26)10-5-6-29-11(13(10)31-15)7-30-21-16(23)8-3-1-2-4-9(8)17(21)24/h1-4,11H,5-7H2,(H,20,22)(H,25,26)(H,27,28). The van der Waals surface area contributed by atoms with E-state index in [-0.39, 0.29) is 41.3 Å². The van der Waals surface area contributed by atoms with Crippen molar-refractivity contribution in [2.75, 3.05) is 18.5 Å². The topological polar surface area (TPSA) is 160 Å². The molecule has 12 heteroatoms. The fourth-order valence-electron chi connectivity index (χ4n) is 3.39. The number of carbonyl (C=O) groups is 5. The van der Waals surface area contributed by atoms with Crippen molar-refractivity contribution >= 4 is 46.0 Å². The summed E-state index contributed by atoms with van der Waals surface area (Å²) < 4.78 is 5.63. The molecule has 4 rings (SSSR count). The van der Waals surface area contributed by atoms with Gasteiger partial charge in [0.2, 0.25) is 0 Å². The van der Waals surface area contributed by atoms with Gasteiger partial charge in [0.25, 0.3) is 11.8 Å². The van der Waals surface area contributed by atoms with Crippen molar-refractivity contribution in [3.63, 3.8) is 0 Å². The maximum absolute atomic E-state index is 12.4. The van der Waals surface area contributed by atoms with Crippen LogP contribution in [0.25, 0.3) is 0 Å². The Morgan fingerprint density at radius 2 is 1.81 bits per heavy atom. The Kier molecular flexibility index (Phi) is 5.27. The lowest BCUT2D eigenvalue weighted by Crippen LogP contribution is -2.33. The Hall–Kier alpha value is -3.61. The van der Waals surface area contributed by atoms with Crippen LogP contribution in [0, 0.1) is 0 Å². The van der Waals surface area contributed by atoms with E-state index in [1.54, 1.807) is 12.1 Å². The number of hydroxylamine groups is 2. The third kappa shape index (κ3) is 3.56. The Morgan fingerprint density at radius 1 is 1.16 bits per heavy atom. The summed E-state index contributed by atoms with van der Waals surface area (Å²) in [5.41, 5.74) is 0.574. The first-order chi connectivity index (χ1) is 14.8. The zero-order chi connectivity index (χ0) is 22.3. The van der Waals surface area contributed by atoms with Gasteiger partial charge in [0, 0.05) is 4.88 Å². The van der Waals surface area contributed by atoms with Gasteiger partial charge >= 0.3 is 17.8 Å². The molecule has 1 atom stereocenters. The molecule has 160 valence electrons. The molecule has 0 saturated heterocycles. The van der Waals surface area contributed by atoms with E-state index in [1.807, 2.05) is 0 Å². The van der Waals surface area contributed by atoms with Gasteiger partial charge in [-0.3, -0.25) is 19.2 Å². The lowest BCUT2D eigenvalue weighted by Gasteiger charge is -2.24. The molecule has 0 bridgehead atoms. The number of carboxylic acid groups (broad SMARTS) is 2. The van der Waals surface area contributed by atoms with Crippen molar-refractivity contribution < 1.29 is 43.8 Å². The highest BCUT2D eigenvalue weighted by atomic mass is 32.1. The molecular formula is C19H14N2O9S. The minimum atomic E-state index is -1.76. The number of nitrogens with one attached hydrogen (secondary N) is 1. The zero-order valence-corrected chi connectivity index (χ0v) is 16.4. The van der Waals surface area contributed by atoms with Gasteiger partial charge in [-0.15, -0.1) is 16.4 Å². The Bertz CT molecular complexity index is 1100. The van der Waals surface area contributed by atoms with E-state index in [4.69, 9.17) is 14.7 Å². The molecule has 0 radical (unpaired) electrons. The lowest BCUT2D eigenvalue weighted by molar-refractivity contribution is -0.147. The minimum Gasteiger partial charge on any atom is -0.478 e. The summed E-state index contributed by atoms with van der Waals surface area (Å²) in [6.45, 7) is -0.142. The number of benzene rings is 1. The van der Waals surface area contributed by atoms with Crippen molar-refractivity contribution in [3.8, 4) is 0 Å². The normalized spacial score (nSPS) is 17.3. The molecule has 11 nitrogen and oxygen atoms in total. The number of fused-ring (bicyclic) bond motifs is 2. The molecule has 2 aliphatic rings. The molecule has 0 spiro atoms. The SMILES string of the molecule is O=C(O)C(=O)Nc1sc2c(c1C(=O)O)CCOC2CON1C(=O)c2ccccc2C1=O. The van der Waals surface area contributed by atoms with Crippen LogP contribution < -0.4 is 5.32 Å². The number of imide groups is 1. The Labute approximate surface area is 177 Å². The second-order valence-electron chi connectivity index (χ2n) is 6.57. The number of hydrogen-bond donors (Lipinski definition) is 3. The zero-order valence-electron chi connectivity index (χ0n) is 15.6. The monoisotopic (exact) mass is 446 g/mol. The number of rotatable bonds is 5. The first-order valence-corrected chi connectivity index (χ1v) is 9.76. The number of carbonyl (C=O) groups excluding carboxylic acids is 3. The predicted octanol–water partition coefficient (Wildman–Crippen LogP) is 1.31. The number of carboxylic acids is 2. The summed E-state index contributed by atoms with van der Waals surface area (Å²) in [6, 6.07) is 6.25. The molecule has 3 N–H and O–H groups in total. The van der Waals surface area contributed by atoms with Crippen LogP contribution in [0.1, 0.15) is 47.6 Å². The van der Waals surface area contributed by atoms with Gasteiger partial charge < -0.3 is 20.3 Å². The summed E-state index contributed by atoms with van der Waals surface area (Å²) in [7, 11) is 0. The molecule has 1 unspecified atom stereocenters. The van der Waals surface area contributed by atoms with Crippen molar-refractivity contribution in [3.05, 3.63) is 51.4 Å². The van der Waals surface area contributed by atoms with Gasteiger partial charge in [0.1, 0.15) is 17.7 Å². The molecule has 0 aliphatic carbocycles. The highest BCUT2D eigenvalue weighted by Crippen LogP contribution is 2.41. The minimum absolute atomic E-state index is 0.131. The molecule has 1 aromatic carbocycles. The van der Waals surface area contributed by atoms with E-state index in [9.17, 15) is 29.1 Å². The van der Waals surface area contributed by atoms with Gasteiger partial charge in [0.15, 0.2) is 0 Å². The highest BCUT2D eigenvalue weighted by molar-refractivity contribution is 7.17. The maximum Gasteiger partial charge on any atom is 0.394 e. The van der Waals surface area contributed by atoms with E-state index in [0.29, 0.717) is 15.5 Å². The van der Waals surface area contributed by atoms with Crippen molar-refractivity contribution in [1.29, 1.82) is 0 Å². The molecule has 0 saturated carbocycles.